The standard InChI is InChI=1S/C31H53F3O/c1-3-4-21-6-8-23(9-7-21)27-17-14-25(30(33)31(27)34)15-18-29(35)24-12-10-22(11-13-24)26-16-5-20(2)19-28(26)32/h20-31,35H,3-19H2,1-2H3. The van der Waals surface area contributed by atoms with Gasteiger partial charge in [0.15, 0.2) is 0 Å². The van der Waals surface area contributed by atoms with Crippen LogP contribution in [0.4, 0.5) is 13.2 Å². The van der Waals surface area contributed by atoms with Crippen LogP contribution in [-0.2, 0) is 0 Å². The zero-order chi connectivity index (χ0) is 24.9. The van der Waals surface area contributed by atoms with E-state index in [0.29, 0.717) is 30.6 Å². The van der Waals surface area contributed by atoms with E-state index in [1.807, 2.05) is 0 Å². The van der Waals surface area contributed by atoms with Gasteiger partial charge in [-0.2, -0.15) is 0 Å². The third-order valence-corrected chi connectivity index (χ3v) is 11.1. The van der Waals surface area contributed by atoms with Gasteiger partial charge in [0.25, 0.3) is 0 Å². The first kappa shape index (κ1) is 27.8. The van der Waals surface area contributed by atoms with Gasteiger partial charge in [-0.3, -0.25) is 0 Å². The molecule has 4 aliphatic carbocycles. The predicted molar refractivity (Wildman–Crippen MR) is 138 cm³/mol. The second kappa shape index (κ2) is 13.0. The van der Waals surface area contributed by atoms with Gasteiger partial charge in [-0.15, -0.1) is 0 Å². The smallest absolute Gasteiger partial charge is 0.134 e. The van der Waals surface area contributed by atoms with Crippen molar-refractivity contribution < 1.29 is 18.3 Å². The first-order valence-corrected chi connectivity index (χ1v) is 15.5. The molecule has 0 bridgehead atoms. The van der Waals surface area contributed by atoms with Crippen molar-refractivity contribution in [3.63, 3.8) is 0 Å². The van der Waals surface area contributed by atoms with Crippen LogP contribution in [0.1, 0.15) is 123 Å². The summed E-state index contributed by atoms with van der Waals surface area (Å²) in [6, 6.07) is 0. The van der Waals surface area contributed by atoms with Gasteiger partial charge >= 0.3 is 0 Å². The van der Waals surface area contributed by atoms with Crippen LogP contribution in [0.3, 0.4) is 0 Å². The maximum Gasteiger partial charge on any atom is 0.134 e. The molecular weight excluding hydrogens is 445 g/mol. The van der Waals surface area contributed by atoms with E-state index in [2.05, 4.69) is 13.8 Å². The van der Waals surface area contributed by atoms with E-state index in [9.17, 15) is 9.50 Å². The third-order valence-electron chi connectivity index (χ3n) is 11.1. The molecule has 0 radical (unpaired) electrons. The fourth-order valence-corrected chi connectivity index (χ4v) is 8.78. The number of aliphatic hydroxyl groups excluding tert-OH is 1. The van der Waals surface area contributed by atoms with Crippen molar-refractivity contribution >= 4 is 0 Å². The Balaban J connectivity index is 1.17. The largest absolute Gasteiger partial charge is 0.393 e. The number of hydrogen-bond donors (Lipinski definition) is 1. The van der Waals surface area contributed by atoms with Gasteiger partial charge in [-0.05, 0) is 124 Å². The van der Waals surface area contributed by atoms with E-state index < -0.39 is 24.6 Å². The number of hydrogen-bond acceptors (Lipinski definition) is 1. The topological polar surface area (TPSA) is 20.2 Å². The molecule has 0 amide bonds. The summed E-state index contributed by atoms with van der Waals surface area (Å²) < 4.78 is 45.0. The molecule has 0 aromatic carbocycles. The zero-order valence-corrected chi connectivity index (χ0v) is 22.5. The summed E-state index contributed by atoms with van der Waals surface area (Å²) in [5.74, 6) is 2.29. The van der Waals surface area contributed by atoms with Gasteiger partial charge < -0.3 is 5.11 Å². The Hall–Kier alpha value is -0.250. The lowest BCUT2D eigenvalue weighted by Crippen LogP contribution is -2.42. The Morgan fingerprint density at radius 3 is 2.00 bits per heavy atom. The normalized spacial score (nSPS) is 46.3. The minimum Gasteiger partial charge on any atom is -0.393 e. The quantitative estimate of drug-likeness (QED) is 0.354. The lowest BCUT2D eigenvalue weighted by molar-refractivity contribution is -0.0221. The molecule has 4 fully saturated rings. The summed E-state index contributed by atoms with van der Waals surface area (Å²) in [6.07, 6.45) is 13.0. The molecule has 204 valence electrons. The highest BCUT2D eigenvalue weighted by Gasteiger charge is 2.44. The Morgan fingerprint density at radius 2 is 1.34 bits per heavy atom. The molecule has 0 aliphatic heterocycles. The molecule has 4 rings (SSSR count). The molecular formula is C31H53F3O. The van der Waals surface area contributed by atoms with Gasteiger partial charge in [-0.25, -0.2) is 13.2 Å². The first-order chi connectivity index (χ1) is 16.9. The Bertz CT molecular complexity index is 612. The molecule has 0 saturated heterocycles. The maximum atomic E-state index is 15.2. The molecule has 0 heterocycles. The first-order valence-electron chi connectivity index (χ1n) is 15.5. The van der Waals surface area contributed by atoms with Crippen LogP contribution in [-0.4, -0.2) is 29.7 Å². The van der Waals surface area contributed by atoms with E-state index >= 15 is 8.78 Å². The van der Waals surface area contributed by atoms with Gasteiger partial charge in [0, 0.05) is 0 Å². The number of halogens is 3. The summed E-state index contributed by atoms with van der Waals surface area (Å²) in [5.41, 5.74) is 0. The van der Waals surface area contributed by atoms with Crippen LogP contribution in [0.5, 0.6) is 0 Å². The molecule has 0 spiro atoms. The van der Waals surface area contributed by atoms with Crippen LogP contribution < -0.4 is 0 Å². The molecule has 4 saturated carbocycles. The van der Waals surface area contributed by atoms with Crippen molar-refractivity contribution in [3.05, 3.63) is 0 Å². The second-order valence-electron chi connectivity index (χ2n) is 13.4. The minimum atomic E-state index is -1.36. The molecule has 4 aliphatic rings. The fraction of sp³-hybridized carbons (Fsp3) is 1.00. The van der Waals surface area contributed by atoms with Crippen LogP contribution >= 0.6 is 0 Å². The predicted octanol–water partition coefficient (Wildman–Crippen LogP) is 9.02. The number of rotatable bonds is 8. The van der Waals surface area contributed by atoms with Crippen LogP contribution in [0, 0.1) is 47.3 Å². The average Bonchev–Trinajstić information content (AvgIpc) is 2.86. The summed E-state index contributed by atoms with van der Waals surface area (Å²) in [6.45, 7) is 4.40. The van der Waals surface area contributed by atoms with Crippen LogP contribution in [0.25, 0.3) is 0 Å². The Labute approximate surface area is 213 Å². The van der Waals surface area contributed by atoms with E-state index in [4.69, 9.17) is 0 Å². The molecule has 35 heavy (non-hydrogen) atoms. The van der Waals surface area contributed by atoms with Crippen molar-refractivity contribution in [2.45, 2.75) is 148 Å². The van der Waals surface area contributed by atoms with E-state index in [1.54, 1.807) is 0 Å². The van der Waals surface area contributed by atoms with E-state index in [1.165, 1.54) is 25.7 Å². The molecule has 4 heteroatoms. The molecule has 0 aromatic rings. The fourth-order valence-electron chi connectivity index (χ4n) is 8.78. The monoisotopic (exact) mass is 498 g/mol. The SMILES string of the molecule is CCCC1CCC(C2CCC(CCC(O)C3CCC(C4CCC(C)CC4F)CC3)C(F)C2F)CC1. The van der Waals surface area contributed by atoms with E-state index in [-0.39, 0.29) is 23.7 Å². The van der Waals surface area contributed by atoms with Gasteiger partial charge in [0.1, 0.15) is 18.5 Å². The van der Waals surface area contributed by atoms with Crippen molar-refractivity contribution in [1.82, 2.24) is 0 Å². The Kier molecular flexibility index (Phi) is 10.3. The summed E-state index contributed by atoms with van der Waals surface area (Å²) in [5, 5.41) is 10.9. The molecule has 0 aromatic heterocycles. The van der Waals surface area contributed by atoms with E-state index in [0.717, 1.165) is 76.5 Å². The Morgan fingerprint density at radius 1 is 0.714 bits per heavy atom. The summed E-state index contributed by atoms with van der Waals surface area (Å²) >= 11 is 0. The highest BCUT2D eigenvalue weighted by molar-refractivity contribution is 4.93. The lowest BCUT2D eigenvalue weighted by atomic mass is 9.66. The van der Waals surface area contributed by atoms with Crippen molar-refractivity contribution in [2.24, 2.45) is 47.3 Å². The van der Waals surface area contributed by atoms with Gasteiger partial charge in [0.2, 0.25) is 0 Å². The summed E-state index contributed by atoms with van der Waals surface area (Å²) in [7, 11) is 0. The molecule has 8 unspecified atom stereocenters. The van der Waals surface area contributed by atoms with Gasteiger partial charge in [0.05, 0.1) is 6.10 Å². The minimum absolute atomic E-state index is 0.0915. The molecule has 1 nitrogen and oxygen atoms in total. The zero-order valence-electron chi connectivity index (χ0n) is 22.5. The lowest BCUT2D eigenvalue weighted by Gasteiger charge is -2.42. The summed E-state index contributed by atoms with van der Waals surface area (Å²) in [4.78, 5) is 0. The van der Waals surface area contributed by atoms with Crippen molar-refractivity contribution in [3.8, 4) is 0 Å². The highest BCUT2D eigenvalue weighted by Crippen LogP contribution is 2.46. The van der Waals surface area contributed by atoms with Crippen LogP contribution in [0.2, 0.25) is 0 Å². The third kappa shape index (κ3) is 6.99. The average molecular weight is 499 g/mol. The van der Waals surface area contributed by atoms with Crippen LogP contribution in [0.15, 0.2) is 0 Å². The van der Waals surface area contributed by atoms with Crippen molar-refractivity contribution in [1.29, 1.82) is 0 Å². The number of alkyl halides is 3. The molecule has 8 atom stereocenters. The number of aliphatic hydroxyl groups is 1. The maximum absolute atomic E-state index is 15.2. The second-order valence-corrected chi connectivity index (χ2v) is 13.4. The highest BCUT2D eigenvalue weighted by atomic mass is 19.2. The van der Waals surface area contributed by atoms with Crippen molar-refractivity contribution in [2.75, 3.05) is 0 Å². The van der Waals surface area contributed by atoms with Gasteiger partial charge in [-0.1, -0.05) is 46.0 Å². The molecule has 1 N–H and O–H groups in total.